The SMILES string of the molecule is NC(=O)[C@H]1[C@@H]2CCC[C@@H]21. The van der Waals surface area contributed by atoms with E-state index in [1.807, 2.05) is 0 Å². The number of carbonyl (C=O) groups is 1. The van der Waals surface area contributed by atoms with Gasteiger partial charge in [-0.2, -0.15) is 0 Å². The van der Waals surface area contributed by atoms with E-state index in [4.69, 9.17) is 5.73 Å². The van der Waals surface area contributed by atoms with Gasteiger partial charge in [0.1, 0.15) is 0 Å². The molecule has 0 heterocycles. The summed E-state index contributed by atoms with van der Waals surface area (Å²) >= 11 is 0. The summed E-state index contributed by atoms with van der Waals surface area (Å²) in [5, 5.41) is 0. The van der Waals surface area contributed by atoms with Gasteiger partial charge in [-0.05, 0) is 24.7 Å². The van der Waals surface area contributed by atoms with Gasteiger partial charge in [0, 0.05) is 5.92 Å². The van der Waals surface area contributed by atoms with E-state index in [9.17, 15) is 4.79 Å². The van der Waals surface area contributed by atoms with Gasteiger partial charge in [0.05, 0.1) is 0 Å². The average molecular weight is 125 g/mol. The number of hydrogen-bond acceptors (Lipinski definition) is 1. The molecule has 2 fully saturated rings. The molecule has 2 nitrogen and oxygen atoms in total. The molecule has 0 aliphatic heterocycles. The van der Waals surface area contributed by atoms with E-state index in [2.05, 4.69) is 0 Å². The third kappa shape index (κ3) is 0.590. The second-order valence-electron chi connectivity index (χ2n) is 3.19. The van der Waals surface area contributed by atoms with Gasteiger partial charge in [-0.25, -0.2) is 0 Å². The van der Waals surface area contributed by atoms with Crippen molar-refractivity contribution in [2.45, 2.75) is 19.3 Å². The van der Waals surface area contributed by atoms with Crippen LogP contribution >= 0.6 is 0 Å². The Morgan fingerprint density at radius 3 is 2.22 bits per heavy atom. The summed E-state index contributed by atoms with van der Waals surface area (Å²) in [6.07, 6.45) is 3.82. The quantitative estimate of drug-likeness (QED) is 0.545. The molecule has 0 radical (unpaired) electrons. The van der Waals surface area contributed by atoms with Crippen LogP contribution in [0.1, 0.15) is 19.3 Å². The lowest BCUT2D eigenvalue weighted by Gasteiger charge is -1.94. The highest BCUT2D eigenvalue weighted by Crippen LogP contribution is 2.57. The van der Waals surface area contributed by atoms with Gasteiger partial charge in [0.25, 0.3) is 0 Å². The summed E-state index contributed by atoms with van der Waals surface area (Å²) < 4.78 is 0. The second kappa shape index (κ2) is 1.49. The molecule has 0 unspecified atom stereocenters. The predicted octanol–water partition coefficient (Wildman–Crippen LogP) is 0.518. The van der Waals surface area contributed by atoms with Gasteiger partial charge in [0.15, 0.2) is 0 Å². The zero-order valence-corrected chi connectivity index (χ0v) is 5.34. The van der Waals surface area contributed by atoms with E-state index >= 15 is 0 Å². The van der Waals surface area contributed by atoms with E-state index in [1.54, 1.807) is 0 Å². The number of hydrogen-bond donors (Lipinski definition) is 1. The summed E-state index contributed by atoms with van der Waals surface area (Å²) in [6, 6.07) is 0. The third-order valence-corrected chi connectivity index (χ3v) is 2.74. The van der Waals surface area contributed by atoms with Crippen LogP contribution in [-0.2, 0) is 4.79 Å². The first-order chi connectivity index (χ1) is 4.30. The zero-order valence-electron chi connectivity index (χ0n) is 5.34. The minimum Gasteiger partial charge on any atom is -0.369 e. The molecule has 2 aliphatic carbocycles. The molecule has 1 amide bonds. The molecule has 2 N–H and O–H groups in total. The summed E-state index contributed by atoms with van der Waals surface area (Å²) in [5.41, 5.74) is 5.15. The van der Waals surface area contributed by atoms with Gasteiger partial charge in [-0.3, -0.25) is 4.79 Å². The van der Waals surface area contributed by atoms with Crippen molar-refractivity contribution in [3.05, 3.63) is 0 Å². The first kappa shape index (κ1) is 5.27. The minimum absolute atomic E-state index is 0.0651. The summed E-state index contributed by atoms with van der Waals surface area (Å²) in [5.74, 6) is 1.61. The molecule has 0 saturated heterocycles. The van der Waals surface area contributed by atoms with Crippen molar-refractivity contribution in [3.63, 3.8) is 0 Å². The van der Waals surface area contributed by atoms with Crippen molar-refractivity contribution in [1.82, 2.24) is 0 Å². The number of rotatable bonds is 1. The van der Waals surface area contributed by atoms with E-state index in [0.29, 0.717) is 11.8 Å². The van der Waals surface area contributed by atoms with Crippen molar-refractivity contribution >= 4 is 5.91 Å². The summed E-state index contributed by atoms with van der Waals surface area (Å²) in [6.45, 7) is 0. The van der Waals surface area contributed by atoms with E-state index in [0.717, 1.165) is 0 Å². The monoisotopic (exact) mass is 125 g/mol. The lowest BCUT2D eigenvalue weighted by molar-refractivity contribution is -0.119. The van der Waals surface area contributed by atoms with Gasteiger partial charge >= 0.3 is 0 Å². The molecular weight excluding hydrogens is 114 g/mol. The molecule has 0 bridgehead atoms. The maximum absolute atomic E-state index is 10.6. The van der Waals surface area contributed by atoms with E-state index < -0.39 is 0 Å². The van der Waals surface area contributed by atoms with E-state index in [-0.39, 0.29) is 11.8 Å². The molecule has 9 heavy (non-hydrogen) atoms. The molecule has 0 aromatic heterocycles. The Kier molecular flexibility index (Phi) is 0.875. The summed E-state index contributed by atoms with van der Waals surface area (Å²) in [4.78, 5) is 10.6. The topological polar surface area (TPSA) is 43.1 Å². The smallest absolute Gasteiger partial charge is 0.221 e. The number of primary amides is 1. The Bertz CT molecular complexity index is 145. The van der Waals surface area contributed by atoms with Crippen LogP contribution in [0.2, 0.25) is 0 Å². The number of fused-ring (bicyclic) bond motifs is 1. The summed E-state index contributed by atoms with van der Waals surface area (Å²) in [7, 11) is 0. The van der Waals surface area contributed by atoms with Crippen molar-refractivity contribution < 1.29 is 4.79 Å². The van der Waals surface area contributed by atoms with Crippen LogP contribution in [0.5, 0.6) is 0 Å². The van der Waals surface area contributed by atoms with Crippen LogP contribution < -0.4 is 5.73 Å². The van der Waals surface area contributed by atoms with Crippen LogP contribution in [0.25, 0.3) is 0 Å². The van der Waals surface area contributed by atoms with Gasteiger partial charge in [-0.15, -0.1) is 0 Å². The van der Waals surface area contributed by atoms with Crippen LogP contribution in [-0.4, -0.2) is 5.91 Å². The average Bonchev–Trinajstić information content (AvgIpc) is 2.30. The molecule has 2 saturated carbocycles. The molecular formula is C7H11NO. The van der Waals surface area contributed by atoms with Gasteiger partial charge in [-0.1, -0.05) is 6.42 Å². The van der Waals surface area contributed by atoms with Gasteiger partial charge in [0.2, 0.25) is 5.91 Å². The van der Waals surface area contributed by atoms with Crippen molar-refractivity contribution in [2.24, 2.45) is 23.5 Å². The minimum atomic E-state index is -0.0651. The van der Waals surface area contributed by atoms with Crippen LogP contribution in [0.15, 0.2) is 0 Å². The fourth-order valence-electron chi connectivity index (χ4n) is 2.24. The Labute approximate surface area is 54.4 Å². The molecule has 2 heteroatoms. The predicted molar refractivity (Wildman–Crippen MR) is 33.5 cm³/mol. The lowest BCUT2D eigenvalue weighted by Crippen LogP contribution is -2.15. The Morgan fingerprint density at radius 1 is 1.33 bits per heavy atom. The first-order valence-electron chi connectivity index (χ1n) is 3.60. The molecule has 0 aromatic carbocycles. The van der Waals surface area contributed by atoms with Crippen molar-refractivity contribution in [1.29, 1.82) is 0 Å². The second-order valence-corrected chi connectivity index (χ2v) is 3.19. The van der Waals surface area contributed by atoms with Crippen molar-refractivity contribution in [3.8, 4) is 0 Å². The molecule has 50 valence electrons. The maximum atomic E-state index is 10.6. The van der Waals surface area contributed by atoms with E-state index in [1.165, 1.54) is 19.3 Å². The molecule has 0 spiro atoms. The number of carbonyl (C=O) groups excluding carboxylic acids is 1. The standard InChI is InChI=1S/C7H11NO/c8-7(9)6-4-2-1-3-5(4)6/h4-6H,1-3H2,(H2,8,9)/t4-,5+,6+. The number of nitrogens with two attached hydrogens (primary N) is 1. The Balaban J connectivity index is 2.02. The highest BCUT2D eigenvalue weighted by Gasteiger charge is 2.55. The largest absolute Gasteiger partial charge is 0.369 e. The lowest BCUT2D eigenvalue weighted by atomic mass is 10.1. The fourth-order valence-corrected chi connectivity index (χ4v) is 2.24. The molecule has 2 aliphatic rings. The molecule has 3 atom stereocenters. The number of amides is 1. The van der Waals surface area contributed by atoms with Crippen molar-refractivity contribution in [2.75, 3.05) is 0 Å². The van der Waals surface area contributed by atoms with Crippen LogP contribution in [0, 0.1) is 17.8 Å². The Morgan fingerprint density at radius 2 is 1.89 bits per heavy atom. The maximum Gasteiger partial charge on any atom is 0.221 e. The van der Waals surface area contributed by atoms with Crippen LogP contribution in [0.3, 0.4) is 0 Å². The highest BCUT2D eigenvalue weighted by atomic mass is 16.1. The molecule has 2 rings (SSSR count). The molecule has 0 aromatic rings. The normalized spacial score (nSPS) is 46.4. The van der Waals surface area contributed by atoms with Gasteiger partial charge < -0.3 is 5.73 Å². The highest BCUT2D eigenvalue weighted by molar-refractivity contribution is 5.80. The third-order valence-electron chi connectivity index (χ3n) is 2.74. The first-order valence-corrected chi connectivity index (χ1v) is 3.60. The fraction of sp³-hybridized carbons (Fsp3) is 0.857. The van der Waals surface area contributed by atoms with Crippen LogP contribution in [0.4, 0.5) is 0 Å². The zero-order chi connectivity index (χ0) is 6.43. The Hall–Kier alpha value is -0.530.